The van der Waals surface area contributed by atoms with E-state index in [4.69, 9.17) is 16.3 Å². The zero-order valence-electron chi connectivity index (χ0n) is 14.9. The molecule has 0 N–H and O–H groups in total. The first-order valence-corrected chi connectivity index (χ1v) is 8.56. The molecule has 1 aromatic carbocycles. The first-order chi connectivity index (χ1) is 11.8. The molecule has 2 rings (SSSR count). The monoisotopic (exact) mass is 361 g/mol. The second kappa shape index (κ2) is 7.83. The molecule has 0 aliphatic carbocycles. The lowest BCUT2D eigenvalue weighted by atomic mass is 9.72. The fraction of sp³-hybridized carbons (Fsp3) is 0.421. The Morgan fingerprint density at radius 3 is 2.52 bits per heavy atom. The Labute approximate surface area is 153 Å². The molecule has 0 saturated carbocycles. The van der Waals surface area contributed by atoms with Gasteiger partial charge in [-0.3, -0.25) is 0 Å². The largest absolute Gasteiger partial charge is 0.453 e. The van der Waals surface area contributed by atoms with Crippen molar-refractivity contribution in [3.05, 3.63) is 60.2 Å². The Kier molecular flexibility index (Phi) is 6.01. The van der Waals surface area contributed by atoms with Gasteiger partial charge in [0, 0.05) is 16.5 Å². The van der Waals surface area contributed by atoms with Crippen molar-refractivity contribution in [2.45, 2.75) is 45.8 Å². The molecule has 0 spiro atoms. The fourth-order valence-electron chi connectivity index (χ4n) is 2.74. The third kappa shape index (κ3) is 4.92. The predicted octanol–water partition coefficient (Wildman–Crippen LogP) is 4.08. The summed E-state index contributed by atoms with van der Waals surface area (Å²) in [6.45, 7) is 10.1. The number of aromatic nitrogens is 3. The zero-order valence-corrected chi connectivity index (χ0v) is 15.7. The molecule has 25 heavy (non-hydrogen) atoms. The molecule has 0 aliphatic rings. The van der Waals surface area contributed by atoms with Crippen LogP contribution in [0.1, 0.15) is 32.8 Å². The lowest BCUT2D eigenvalue weighted by Crippen LogP contribution is -2.50. The van der Waals surface area contributed by atoms with Crippen molar-refractivity contribution in [1.29, 1.82) is 0 Å². The van der Waals surface area contributed by atoms with Gasteiger partial charge in [-0.1, -0.05) is 51.1 Å². The summed E-state index contributed by atoms with van der Waals surface area (Å²) in [6, 6.07) is 7.70. The number of benzene rings is 1. The molecule has 6 heteroatoms. The molecule has 1 aromatic heterocycles. The summed E-state index contributed by atoms with van der Waals surface area (Å²) in [6.07, 6.45) is 5.68. The highest BCUT2D eigenvalue weighted by molar-refractivity contribution is 6.30. The molecule has 0 radical (unpaired) electrons. The number of ether oxygens (including phenoxy) is 1. The lowest BCUT2D eigenvalue weighted by Gasteiger charge is -2.43. The first-order valence-electron chi connectivity index (χ1n) is 8.18. The highest BCUT2D eigenvalue weighted by atomic mass is 35.5. The first kappa shape index (κ1) is 19.2. The Balaban J connectivity index is 2.31. The van der Waals surface area contributed by atoms with Crippen LogP contribution in [0, 0.1) is 5.41 Å². The van der Waals surface area contributed by atoms with Crippen molar-refractivity contribution in [3.63, 3.8) is 0 Å². The Morgan fingerprint density at radius 2 is 2.00 bits per heavy atom. The second-order valence-electron chi connectivity index (χ2n) is 7.09. The molecule has 0 fully saturated rings. The smallest absolute Gasteiger partial charge is 0.330 e. The summed E-state index contributed by atoms with van der Waals surface area (Å²) in [5.74, 6) is -0.439. The van der Waals surface area contributed by atoms with Gasteiger partial charge < -0.3 is 4.74 Å². The van der Waals surface area contributed by atoms with E-state index < -0.39 is 11.6 Å². The third-order valence-corrected chi connectivity index (χ3v) is 4.70. The quantitative estimate of drug-likeness (QED) is 0.550. The molecule has 1 heterocycles. The number of rotatable bonds is 7. The molecule has 134 valence electrons. The van der Waals surface area contributed by atoms with Crippen molar-refractivity contribution in [2.24, 2.45) is 5.41 Å². The normalized spacial score (nSPS) is 13.9. The number of halogens is 1. The van der Waals surface area contributed by atoms with Crippen molar-refractivity contribution in [2.75, 3.05) is 0 Å². The summed E-state index contributed by atoms with van der Waals surface area (Å²) in [5.41, 5.74) is 0.0570. The lowest BCUT2D eigenvalue weighted by molar-refractivity contribution is -0.172. The van der Waals surface area contributed by atoms with Crippen molar-refractivity contribution in [1.82, 2.24) is 14.8 Å². The average Bonchev–Trinajstić information content (AvgIpc) is 3.05. The number of hydrogen-bond acceptors (Lipinski definition) is 4. The van der Waals surface area contributed by atoms with Gasteiger partial charge >= 0.3 is 5.97 Å². The van der Waals surface area contributed by atoms with Crippen LogP contribution in [-0.2, 0) is 22.5 Å². The van der Waals surface area contributed by atoms with Crippen LogP contribution in [-0.4, -0.2) is 26.3 Å². The summed E-state index contributed by atoms with van der Waals surface area (Å²) in [5, 5.41) is 4.89. The maximum atomic E-state index is 12.1. The Morgan fingerprint density at radius 1 is 1.32 bits per heavy atom. The van der Waals surface area contributed by atoms with Gasteiger partial charge in [-0.25, -0.2) is 14.5 Å². The maximum absolute atomic E-state index is 12.1. The van der Waals surface area contributed by atoms with Gasteiger partial charge in [0.15, 0.2) is 0 Å². The Bertz CT molecular complexity index is 705. The minimum Gasteiger partial charge on any atom is -0.453 e. The van der Waals surface area contributed by atoms with E-state index in [2.05, 4.69) is 37.4 Å². The van der Waals surface area contributed by atoms with Crippen LogP contribution < -0.4 is 0 Å². The van der Waals surface area contributed by atoms with Crippen molar-refractivity contribution in [3.8, 4) is 0 Å². The van der Waals surface area contributed by atoms with E-state index in [1.54, 1.807) is 11.0 Å². The Hall–Kier alpha value is -2.14. The van der Waals surface area contributed by atoms with E-state index in [-0.39, 0.29) is 5.41 Å². The SMILES string of the molecule is C=CC(=O)OC(CCc1ccc(Cl)cc1)(Cn1cncn1)C(C)(C)C. The molecule has 2 aromatic rings. The van der Waals surface area contributed by atoms with Gasteiger partial charge in [0.2, 0.25) is 0 Å². The van der Waals surface area contributed by atoms with Gasteiger partial charge in [0.25, 0.3) is 0 Å². The van der Waals surface area contributed by atoms with Crippen LogP contribution >= 0.6 is 11.6 Å². The van der Waals surface area contributed by atoms with Crippen molar-refractivity contribution >= 4 is 17.6 Å². The van der Waals surface area contributed by atoms with Gasteiger partial charge in [-0.2, -0.15) is 5.10 Å². The van der Waals surface area contributed by atoms with E-state index in [1.165, 1.54) is 12.4 Å². The van der Waals surface area contributed by atoms with E-state index >= 15 is 0 Å². The van der Waals surface area contributed by atoms with Crippen LogP contribution in [0.4, 0.5) is 0 Å². The predicted molar refractivity (Wildman–Crippen MR) is 98.3 cm³/mol. The highest BCUT2D eigenvalue weighted by Gasteiger charge is 2.45. The maximum Gasteiger partial charge on any atom is 0.330 e. The molecular weight excluding hydrogens is 338 g/mol. The minimum atomic E-state index is -0.758. The van der Waals surface area contributed by atoms with Crippen molar-refractivity contribution < 1.29 is 9.53 Å². The van der Waals surface area contributed by atoms with Gasteiger partial charge in [0.05, 0.1) is 6.54 Å². The number of nitrogens with zero attached hydrogens (tertiary/aromatic N) is 3. The van der Waals surface area contributed by atoms with Gasteiger partial charge in [-0.15, -0.1) is 0 Å². The van der Waals surface area contributed by atoms with Crippen LogP contribution in [0.5, 0.6) is 0 Å². The topological polar surface area (TPSA) is 57.0 Å². The van der Waals surface area contributed by atoms with Crippen LogP contribution in [0.15, 0.2) is 49.6 Å². The third-order valence-electron chi connectivity index (χ3n) is 4.44. The molecule has 0 aliphatic heterocycles. The summed E-state index contributed by atoms with van der Waals surface area (Å²) in [4.78, 5) is 16.0. The van der Waals surface area contributed by atoms with Crippen LogP contribution in [0.2, 0.25) is 5.02 Å². The summed E-state index contributed by atoms with van der Waals surface area (Å²) in [7, 11) is 0. The number of carbonyl (C=O) groups excluding carboxylic acids is 1. The standard InChI is InChI=1S/C19H24ClN3O2/c1-5-17(24)25-19(18(2,3)4,12-23-14-21-13-22-23)11-10-15-6-8-16(20)9-7-15/h5-9,13-14H,1,10-12H2,2-4H3. The highest BCUT2D eigenvalue weighted by Crippen LogP contribution is 2.39. The van der Waals surface area contributed by atoms with Crippen LogP contribution in [0.25, 0.3) is 0 Å². The molecule has 0 bridgehead atoms. The molecule has 0 amide bonds. The molecular formula is C19H24ClN3O2. The van der Waals surface area contributed by atoms with Gasteiger partial charge in [-0.05, 0) is 30.5 Å². The fourth-order valence-corrected chi connectivity index (χ4v) is 2.86. The number of hydrogen-bond donors (Lipinski definition) is 0. The number of carbonyl (C=O) groups is 1. The molecule has 0 saturated heterocycles. The zero-order chi connectivity index (χ0) is 18.5. The van der Waals surface area contributed by atoms with E-state index in [0.29, 0.717) is 18.0 Å². The number of aryl methyl sites for hydroxylation is 1. The van der Waals surface area contributed by atoms with E-state index in [0.717, 1.165) is 12.0 Å². The van der Waals surface area contributed by atoms with E-state index in [1.807, 2.05) is 24.3 Å². The van der Waals surface area contributed by atoms with Crippen LogP contribution in [0.3, 0.4) is 0 Å². The van der Waals surface area contributed by atoms with Gasteiger partial charge in [0.1, 0.15) is 18.3 Å². The summed E-state index contributed by atoms with van der Waals surface area (Å²) < 4.78 is 7.60. The summed E-state index contributed by atoms with van der Waals surface area (Å²) >= 11 is 5.96. The second-order valence-corrected chi connectivity index (χ2v) is 7.53. The van der Waals surface area contributed by atoms with E-state index in [9.17, 15) is 4.79 Å². The molecule has 5 nitrogen and oxygen atoms in total. The number of esters is 1. The average molecular weight is 362 g/mol. The molecule has 1 atom stereocenters. The minimum absolute atomic E-state index is 0.315. The molecule has 1 unspecified atom stereocenters.